The van der Waals surface area contributed by atoms with Crippen LogP contribution in [0.1, 0.15) is 11.4 Å². The van der Waals surface area contributed by atoms with E-state index >= 15 is 0 Å². The maximum atomic E-state index is 13.1. The van der Waals surface area contributed by atoms with Gasteiger partial charge in [0.2, 0.25) is 0 Å². The largest absolute Gasteiger partial charge is 0.495 e. The predicted octanol–water partition coefficient (Wildman–Crippen LogP) is 4.47. The van der Waals surface area contributed by atoms with Crippen molar-refractivity contribution in [1.82, 2.24) is 9.55 Å². The normalized spacial score (nSPS) is 11.5. The summed E-state index contributed by atoms with van der Waals surface area (Å²) in [5.41, 5.74) is 1.66. The third-order valence-corrected chi connectivity index (χ3v) is 6.72. The number of aryl methyl sites for hydroxylation is 2. The molecule has 1 N–H and O–H groups in total. The van der Waals surface area contributed by atoms with Crippen LogP contribution in [-0.2, 0) is 10.0 Å². The molecule has 0 radical (unpaired) electrons. The fraction of sp³-hybridized carbons (Fsp3) is 0.130. The maximum Gasteiger partial charge on any atom is 0.265 e. The third-order valence-electron chi connectivity index (χ3n) is 5.00. The number of nitrogens with one attached hydrogen (secondary N) is 1. The van der Waals surface area contributed by atoms with Gasteiger partial charge in [0.1, 0.15) is 16.5 Å². The molecule has 0 fully saturated rings. The van der Waals surface area contributed by atoms with E-state index < -0.39 is 10.0 Å². The van der Waals surface area contributed by atoms with Crippen molar-refractivity contribution in [3.63, 3.8) is 0 Å². The molecule has 0 bridgehead atoms. The molecule has 0 atom stereocenters. The molecule has 3 aromatic carbocycles. The molecule has 0 aliphatic rings. The van der Waals surface area contributed by atoms with Gasteiger partial charge in [-0.15, -0.1) is 0 Å². The van der Waals surface area contributed by atoms with Crippen molar-refractivity contribution in [3.05, 3.63) is 87.4 Å². The van der Waals surface area contributed by atoms with Crippen LogP contribution in [0.5, 0.6) is 5.75 Å². The number of nitrogens with zero attached hydrogens (tertiary/aromatic N) is 2. The lowest BCUT2D eigenvalue weighted by molar-refractivity contribution is 0.402. The minimum absolute atomic E-state index is 0.0119. The Labute approximate surface area is 190 Å². The molecule has 0 aliphatic heterocycles. The Bertz CT molecular complexity index is 1510. The summed E-state index contributed by atoms with van der Waals surface area (Å²) in [5, 5.41) is 0.642. The molecular formula is C23H20ClN3O4S. The Morgan fingerprint density at radius 3 is 2.53 bits per heavy atom. The zero-order chi connectivity index (χ0) is 23.0. The molecule has 0 unspecified atom stereocenters. The van der Waals surface area contributed by atoms with E-state index in [9.17, 15) is 13.2 Å². The molecule has 7 nitrogen and oxygen atoms in total. The van der Waals surface area contributed by atoms with Crippen LogP contribution in [0.15, 0.2) is 70.4 Å². The van der Waals surface area contributed by atoms with Gasteiger partial charge in [-0.05, 0) is 61.9 Å². The summed E-state index contributed by atoms with van der Waals surface area (Å²) in [4.78, 5) is 17.6. The van der Waals surface area contributed by atoms with Gasteiger partial charge in [0, 0.05) is 0 Å². The smallest absolute Gasteiger partial charge is 0.265 e. The topological polar surface area (TPSA) is 90.3 Å². The molecule has 164 valence electrons. The zero-order valence-corrected chi connectivity index (χ0v) is 19.2. The minimum Gasteiger partial charge on any atom is -0.495 e. The second-order valence-electron chi connectivity index (χ2n) is 7.24. The Balaban J connectivity index is 1.83. The highest BCUT2D eigenvalue weighted by atomic mass is 35.5. The van der Waals surface area contributed by atoms with Crippen molar-refractivity contribution in [1.29, 1.82) is 0 Å². The molecule has 4 aromatic rings. The summed E-state index contributed by atoms with van der Waals surface area (Å²) in [6.07, 6.45) is 0. The fourth-order valence-electron chi connectivity index (χ4n) is 3.47. The Kier molecular flexibility index (Phi) is 5.66. The monoisotopic (exact) mass is 469 g/mol. The van der Waals surface area contributed by atoms with E-state index in [2.05, 4.69) is 9.71 Å². The molecule has 9 heteroatoms. The number of methoxy groups -OCH3 is 1. The first-order valence-electron chi connectivity index (χ1n) is 9.67. The van der Waals surface area contributed by atoms with Gasteiger partial charge in [-0.25, -0.2) is 13.4 Å². The molecule has 0 saturated carbocycles. The van der Waals surface area contributed by atoms with Gasteiger partial charge in [-0.3, -0.25) is 14.1 Å². The zero-order valence-electron chi connectivity index (χ0n) is 17.6. The average molecular weight is 470 g/mol. The van der Waals surface area contributed by atoms with Crippen molar-refractivity contribution in [2.24, 2.45) is 0 Å². The van der Waals surface area contributed by atoms with Crippen LogP contribution in [0, 0.1) is 13.8 Å². The van der Waals surface area contributed by atoms with E-state index in [0.29, 0.717) is 22.4 Å². The van der Waals surface area contributed by atoms with Crippen LogP contribution in [-0.4, -0.2) is 25.1 Å². The molecule has 1 aromatic heterocycles. The van der Waals surface area contributed by atoms with Crippen molar-refractivity contribution in [3.8, 4) is 11.4 Å². The Morgan fingerprint density at radius 2 is 1.78 bits per heavy atom. The van der Waals surface area contributed by atoms with E-state index in [1.165, 1.54) is 29.9 Å². The lowest BCUT2D eigenvalue weighted by Gasteiger charge is -2.16. The molecule has 0 amide bonds. The summed E-state index contributed by atoms with van der Waals surface area (Å²) in [6.45, 7) is 3.50. The number of anilines is 1. The second-order valence-corrected chi connectivity index (χ2v) is 9.30. The lowest BCUT2D eigenvalue weighted by atomic mass is 10.2. The molecule has 32 heavy (non-hydrogen) atoms. The SMILES string of the molecule is COc1ccc(C)cc1S(=O)(=O)Nc1cc(-n2c(C)nc3ccccc3c2=O)ccc1Cl. The molecule has 0 spiro atoms. The summed E-state index contributed by atoms with van der Waals surface area (Å²) in [7, 11) is -2.62. The van der Waals surface area contributed by atoms with E-state index in [-0.39, 0.29) is 26.9 Å². The van der Waals surface area contributed by atoms with Gasteiger partial charge >= 0.3 is 0 Å². The standard InChI is InChI=1S/C23H20ClN3O4S/c1-14-8-11-21(31-3)22(12-14)32(29,30)26-20-13-16(9-10-18(20)24)27-15(2)25-19-7-5-4-6-17(19)23(27)28/h4-13,26H,1-3H3. The Hall–Kier alpha value is -3.36. The number of para-hydroxylation sites is 1. The number of fused-ring (bicyclic) bond motifs is 1. The number of benzene rings is 3. The summed E-state index contributed by atoms with van der Waals surface area (Å²) in [5.74, 6) is 0.673. The van der Waals surface area contributed by atoms with Crippen LogP contribution >= 0.6 is 11.6 Å². The highest BCUT2D eigenvalue weighted by molar-refractivity contribution is 7.92. The summed E-state index contributed by atoms with van der Waals surface area (Å²) in [6, 6.07) is 16.6. The second kappa shape index (κ2) is 8.29. The highest BCUT2D eigenvalue weighted by Crippen LogP contribution is 2.31. The first kappa shape index (κ1) is 21.9. The predicted molar refractivity (Wildman–Crippen MR) is 126 cm³/mol. The minimum atomic E-state index is -4.02. The third kappa shape index (κ3) is 3.94. The van der Waals surface area contributed by atoms with E-state index in [4.69, 9.17) is 16.3 Å². The van der Waals surface area contributed by atoms with Crippen LogP contribution < -0.4 is 15.0 Å². The number of ether oxygens (including phenoxy) is 1. The van der Waals surface area contributed by atoms with Crippen molar-refractivity contribution >= 4 is 38.2 Å². The average Bonchev–Trinajstić information content (AvgIpc) is 2.75. The number of hydrogen-bond acceptors (Lipinski definition) is 5. The van der Waals surface area contributed by atoms with Gasteiger partial charge in [-0.1, -0.05) is 29.8 Å². The van der Waals surface area contributed by atoms with E-state index in [1.54, 1.807) is 50.2 Å². The number of halogens is 1. The first-order valence-corrected chi connectivity index (χ1v) is 11.5. The summed E-state index contributed by atoms with van der Waals surface area (Å²) < 4.78 is 35.4. The van der Waals surface area contributed by atoms with Crippen molar-refractivity contribution in [2.45, 2.75) is 18.7 Å². The lowest BCUT2D eigenvalue weighted by Crippen LogP contribution is -2.22. The number of aromatic nitrogens is 2. The van der Waals surface area contributed by atoms with Gasteiger partial charge in [0.25, 0.3) is 15.6 Å². The van der Waals surface area contributed by atoms with Crippen LogP contribution in [0.25, 0.3) is 16.6 Å². The van der Waals surface area contributed by atoms with Crippen LogP contribution in [0.3, 0.4) is 0 Å². The molecular weight excluding hydrogens is 450 g/mol. The molecule has 1 heterocycles. The Morgan fingerprint density at radius 1 is 1.03 bits per heavy atom. The van der Waals surface area contributed by atoms with Crippen molar-refractivity contribution < 1.29 is 13.2 Å². The van der Waals surface area contributed by atoms with Gasteiger partial charge in [0.15, 0.2) is 0 Å². The van der Waals surface area contributed by atoms with Crippen LogP contribution in [0.2, 0.25) is 5.02 Å². The van der Waals surface area contributed by atoms with Gasteiger partial charge in [-0.2, -0.15) is 0 Å². The molecule has 0 aliphatic carbocycles. The van der Waals surface area contributed by atoms with Gasteiger partial charge < -0.3 is 4.74 Å². The molecule has 0 saturated heterocycles. The quantitative estimate of drug-likeness (QED) is 0.466. The number of hydrogen-bond donors (Lipinski definition) is 1. The fourth-order valence-corrected chi connectivity index (χ4v) is 5.02. The van der Waals surface area contributed by atoms with Crippen molar-refractivity contribution in [2.75, 3.05) is 11.8 Å². The molecule has 4 rings (SSSR count). The van der Waals surface area contributed by atoms with E-state index in [1.807, 2.05) is 6.07 Å². The summed E-state index contributed by atoms with van der Waals surface area (Å²) >= 11 is 6.30. The number of sulfonamides is 1. The van der Waals surface area contributed by atoms with Gasteiger partial charge in [0.05, 0.1) is 34.4 Å². The maximum absolute atomic E-state index is 13.1. The first-order chi connectivity index (χ1) is 15.2. The number of rotatable bonds is 5. The van der Waals surface area contributed by atoms with Crippen LogP contribution in [0.4, 0.5) is 5.69 Å². The highest BCUT2D eigenvalue weighted by Gasteiger charge is 2.22. The van der Waals surface area contributed by atoms with E-state index in [0.717, 1.165) is 5.56 Å².